The number of aromatic nitrogens is 1. The molecule has 1 aromatic heterocycles. The molecule has 0 atom stereocenters. The molecule has 0 aliphatic heterocycles. The smallest absolute Gasteiger partial charge is 0.193 e. The first-order chi connectivity index (χ1) is 9.69. The zero-order valence-electron chi connectivity index (χ0n) is 11.4. The average molecular weight is 265 g/mol. The van der Waals surface area contributed by atoms with Crippen LogP contribution in [0.4, 0.5) is 0 Å². The van der Waals surface area contributed by atoms with Gasteiger partial charge >= 0.3 is 0 Å². The van der Waals surface area contributed by atoms with Gasteiger partial charge in [-0.15, -0.1) is 0 Å². The highest BCUT2D eigenvalue weighted by Crippen LogP contribution is 2.24. The van der Waals surface area contributed by atoms with E-state index in [1.54, 1.807) is 19.2 Å². The Morgan fingerprint density at radius 2 is 1.80 bits per heavy atom. The van der Waals surface area contributed by atoms with Crippen molar-refractivity contribution >= 4 is 10.9 Å². The van der Waals surface area contributed by atoms with Gasteiger partial charge in [0.2, 0.25) is 0 Å². The second kappa shape index (κ2) is 4.85. The second-order valence-corrected chi connectivity index (χ2v) is 4.80. The highest BCUT2D eigenvalue weighted by Gasteiger charge is 2.08. The maximum Gasteiger partial charge on any atom is 0.193 e. The van der Waals surface area contributed by atoms with E-state index in [0.717, 1.165) is 16.8 Å². The summed E-state index contributed by atoms with van der Waals surface area (Å²) in [6.07, 6.45) is 0. The lowest BCUT2D eigenvalue weighted by Gasteiger charge is -2.08. The molecule has 20 heavy (non-hydrogen) atoms. The molecule has 0 spiro atoms. The fourth-order valence-corrected chi connectivity index (χ4v) is 2.33. The maximum atomic E-state index is 12.3. The van der Waals surface area contributed by atoms with Gasteiger partial charge in [-0.3, -0.25) is 4.79 Å². The minimum atomic E-state index is -0.0354. The van der Waals surface area contributed by atoms with Gasteiger partial charge in [-0.25, -0.2) is 0 Å². The van der Waals surface area contributed by atoms with Crippen molar-refractivity contribution in [2.75, 3.05) is 7.11 Å². The summed E-state index contributed by atoms with van der Waals surface area (Å²) in [4.78, 5) is 15.6. The number of hydrogen-bond acceptors (Lipinski definition) is 2. The zero-order chi connectivity index (χ0) is 14.1. The van der Waals surface area contributed by atoms with E-state index < -0.39 is 0 Å². The topological polar surface area (TPSA) is 42.1 Å². The van der Waals surface area contributed by atoms with Crippen LogP contribution in [0.25, 0.3) is 22.2 Å². The number of rotatable bonds is 2. The lowest BCUT2D eigenvalue weighted by Crippen LogP contribution is -2.04. The van der Waals surface area contributed by atoms with E-state index in [1.165, 1.54) is 5.56 Å². The molecule has 0 radical (unpaired) electrons. The molecular weight excluding hydrogens is 250 g/mol. The van der Waals surface area contributed by atoms with Crippen molar-refractivity contribution < 1.29 is 4.74 Å². The van der Waals surface area contributed by atoms with E-state index in [9.17, 15) is 4.79 Å². The summed E-state index contributed by atoms with van der Waals surface area (Å²) >= 11 is 0. The minimum absolute atomic E-state index is 0.0354. The molecular formula is C17H15NO2. The highest BCUT2D eigenvalue weighted by molar-refractivity contribution is 5.87. The average Bonchev–Trinajstić information content (AvgIpc) is 2.47. The van der Waals surface area contributed by atoms with E-state index in [4.69, 9.17) is 4.74 Å². The van der Waals surface area contributed by atoms with Gasteiger partial charge in [0, 0.05) is 11.8 Å². The molecule has 0 unspecified atom stereocenters. The number of methoxy groups -OCH3 is 1. The number of ether oxygens (including phenoxy) is 1. The summed E-state index contributed by atoms with van der Waals surface area (Å²) in [6, 6.07) is 15.2. The number of benzene rings is 2. The molecule has 0 saturated heterocycles. The minimum Gasteiger partial charge on any atom is -0.496 e. The Morgan fingerprint density at radius 3 is 2.50 bits per heavy atom. The van der Waals surface area contributed by atoms with Gasteiger partial charge < -0.3 is 9.72 Å². The van der Waals surface area contributed by atoms with Gasteiger partial charge in [0.1, 0.15) is 5.75 Å². The third kappa shape index (κ3) is 2.07. The molecule has 3 rings (SSSR count). The van der Waals surface area contributed by atoms with E-state index in [1.807, 2.05) is 43.3 Å². The molecule has 0 bridgehead atoms. The van der Waals surface area contributed by atoms with Crippen LogP contribution < -0.4 is 10.2 Å². The predicted octanol–water partition coefficient (Wildman–Crippen LogP) is 3.51. The summed E-state index contributed by atoms with van der Waals surface area (Å²) in [7, 11) is 1.57. The Hall–Kier alpha value is -2.55. The Bertz CT molecular complexity index is 817. The first-order valence-corrected chi connectivity index (χ1v) is 6.46. The van der Waals surface area contributed by atoms with E-state index in [-0.39, 0.29) is 5.43 Å². The summed E-state index contributed by atoms with van der Waals surface area (Å²) < 4.78 is 5.25. The molecule has 3 nitrogen and oxygen atoms in total. The van der Waals surface area contributed by atoms with Crippen LogP contribution in [0.1, 0.15) is 5.56 Å². The van der Waals surface area contributed by atoms with Gasteiger partial charge in [0.05, 0.1) is 18.0 Å². The lowest BCUT2D eigenvalue weighted by molar-refractivity contribution is 0.419. The summed E-state index contributed by atoms with van der Waals surface area (Å²) in [5.74, 6) is 0.596. The molecule has 100 valence electrons. The van der Waals surface area contributed by atoms with Crippen molar-refractivity contribution in [3.8, 4) is 17.0 Å². The van der Waals surface area contributed by atoms with Gasteiger partial charge in [-0.1, -0.05) is 35.9 Å². The molecule has 0 amide bonds. The third-order valence-electron chi connectivity index (χ3n) is 3.40. The summed E-state index contributed by atoms with van der Waals surface area (Å²) in [5.41, 5.74) is 3.76. The molecule has 1 heterocycles. The first-order valence-electron chi connectivity index (χ1n) is 6.46. The molecule has 1 N–H and O–H groups in total. The van der Waals surface area contributed by atoms with Crippen LogP contribution >= 0.6 is 0 Å². The molecule has 2 aromatic carbocycles. The Kier molecular flexibility index (Phi) is 3.03. The van der Waals surface area contributed by atoms with Crippen molar-refractivity contribution in [3.05, 3.63) is 64.3 Å². The van der Waals surface area contributed by atoms with Crippen LogP contribution in [-0.2, 0) is 0 Å². The Morgan fingerprint density at radius 1 is 1.05 bits per heavy atom. The van der Waals surface area contributed by atoms with E-state index >= 15 is 0 Å². The number of H-pyrrole nitrogens is 1. The Balaban J connectivity index is 2.25. The largest absolute Gasteiger partial charge is 0.496 e. The van der Waals surface area contributed by atoms with Crippen molar-refractivity contribution in [1.82, 2.24) is 4.98 Å². The maximum absolute atomic E-state index is 12.3. The number of fused-ring (bicyclic) bond motifs is 1. The molecule has 3 aromatic rings. The highest BCUT2D eigenvalue weighted by atomic mass is 16.5. The number of aromatic amines is 1. The molecule has 0 fully saturated rings. The molecule has 0 saturated carbocycles. The first kappa shape index (κ1) is 12.5. The zero-order valence-corrected chi connectivity index (χ0v) is 11.4. The van der Waals surface area contributed by atoms with Crippen LogP contribution in [0.2, 0.25) is 0 Å². The molecule has 0 aliphatic carbocycles. The van der Waals surface area contributed by atoms with Crippen LogP contribution in [0.3, 0.4) is 0 Å². The third-order valence-corrected chi connectivity index (χ3v) is 3.40. The number of aryl methyl sites for hydroxylation is 1. The van der Waals surface area contributed by atoms with Crippen LogP contribution in [0.15, 0.2) is 53.3 Å². The predicted molar refractivity (Wildman–Crippen MR) is 81.3 cm³/mol. The van der Waals surface area contributed by atoms with E-state index in [0.29, 0.717) is 11.1 Å². The summed E-state index contributed by atoms with van der Waals surface area (Å²) in [6.45, 7) is 2.04. The van der Waals surface area contributed by atoms with Gasteiger partial charge in [-0.2, -0.15) is 0 Å². The SMILES string of the molecule is COc1cccc2[nH]c(-c3ccc(C)cc3)cc(=O)c12. The fraction of sp³-hybridized carbons (Fsp3) is 0.118. The quantitative estimate of drug-likeness (QED) is 0.770. The van der Waals surface area contributed by atoms with Crippen molar-refractivity contribution in [1.29, 1.82) is 0 Å². The summed E-state index contributed by atoms with van der Waals surface area (Å²) in [5, 5.41) is 0.589. The van der Waals surface area contributed by atoms with Crippen LogP contribution in [0.5, 0.6) is 5.75 Å². The van der Waals surface area contributed by atoms with Crippen molar-refractivity contribution in [2.45, 2.75) is 6.92 Å². The van der Waals surface area contributed by atoms with Crippen LogP contribution in [-0.4, -0.2) is 12.1 Å². The lowest BCUT2D eigenvalue weighted by atomic mass is 10.1. The fourth-order valence-electron chi connectivity index (χ4n) is 2.33. The van der Waals surface area contributed by atoms with E-state index in [2.05, 4.69) is 4.98 Å². The molecule has 3 heteroatoms. The van der Waals surface area contributed by atoms with Gasteiger partial charge in [0.15, 0.2) is 5.43 Å². The number of nitrogens with one attached hydrogen (secondary N) is 1. The normalized spacial score (nSPS) is 10.7. The Labute approximate surface area is 116 Å². The standard InChI is InChI=1S/C17H15NO2/c1-11-6-8-12(9-7-11)14-10-15(19)17-13(18-14)4-3-5-16(17)20-2/h3-10H,1-2H3,(H,18,19). The van der Waals surface area contributed by atoms with Crippen molar-refractivity contribution in [3.63, 3.8) is 0 Å². The molecule has 0 aliphatic rings. The van der Waals surface area contributed by atoms with Gasteiger partial charge in [-0.05, 0) is 24.6 Å². The number of hydrogen-bond donors (Lipinski definition) is 1. The van der Waals surface area contributed by atoms with Gasteiger partial charge in [0.25, 0.3) is 0 Å². The van der Waals surface area contributed by atoms with Crippen molar-refractivity contribution in [2.24, 2.45) is 0 Å². The van der Waals surface area contributed by atoms with Crippen LogP contribution in [0, 0.1) is 6.92 Å². The monoisotopic (exact) mass is 265 g/mol. The second-order valence-electron chi connectivity index (χ2n) is 4.80. The number of pyridine rings is 1.